The van der Waals surface area contributed by atoms with Gasteiger partial charge >= 0.3 is 0 Å². The zero-order valence-corrected chi connectivity index (χ0v) is 8.68. The van der Waals surface area contributed by atoms with Crippen LogP contribution in [0.3, 0.4) is 0 Å². The molecule has 1 N–H and O–H groups in total. The van der Waals surface area contributed by atoms with Gasteiger partial charge in [-0.1, -0.05) is 11.6 Å². The molecule has 0 aliphatic carbocycles. The zero-order chi connectivity index (χ0) is 9.40. The van der Waals surface area contributed by atoms with Crippen molar-refractivity contribution >= 4 is 0 Å². The highest BCUT2D eigenvalue weighted by atomic mass is 16.5. The minimum absolute atomic E-state index is 0.343. The van der Waals surface area contributed by atoms with Crippen LogP contribution < -0.4 is 5.32 Å². The topological polar surface area (TPSA) is 21.3 Å². The van der Waals surface area contributed by atoms with Crippen molar-refractivity contribution in [3.63, 3.8) is 0 Å². The first-order valence-electron chi connectivity index (χ1n) is 4.58. The number of hydrogen-bond acceptors (Lipinski definition) is 2. The standard InChI is InChI=1S/C10H21NO/c1-9(2)5-6-11-7-8-12-10(3)4/h5,10-11H,6-8H2,1-4H3. The van der Waals surface area contributed by atoms with Crippen molar-refractivity contribution in [2.45, 2.75) is 33.8 Å². The third-order valence-electron chi connectivity index (χ3n) is 1.38. The van der Waals surface area contributed by atoms with Gasteiger partial charge in [-0.15, -0.1) is 0 Å². The minimum atomic E-state index is 0.343. The van der Waals surface area contributed by atoms with Crippen LogP contribution >= 0.6 is 0 Å². The highest BCUT2D eigenvalue weighted by molar-refractivity contribution is 4.94. The van der Waals surface area contributed by atoms with Crippen LogP contribution in [0, 0.1) is 0 Å². The summed E-state index contributed by atoms with van der Waals surface area (Å²) in [6, 6.07) is 0. The molecule has 2 heteroatoms. The predicted octanol–water partition coefficient (Wildman–Crippen LogP) is 1.97. The van der Waals surface area contributed by atoms with Crippen molar-refractivity contribution < 1.29 is 4.74 Å². The van der Waals surface area contributed by atoms with Gasteiger partial charge in [0.05, 0.1) is 12.7 Å². The Kier molecular flexibility index (Phi) is 7.11. The first kappa shape index (κ1) is 11.7. The van der Waals surface area contributed by atoms with Crippen LogP contribution in [0.1, 0.15) is 27.7 Å². The summed E-state index contributed by atoms with van der Waals surface area (Å²) in [7, 11) is 0. The monoisotopic (exact) mass is 171 g/mol. The van der Waals surface area contributed by atoms with Crippen LogP contribution in [0.25, 0.3) is 0 Å². The van der Waals surface area contributed by atoms with Crippen molar-refractivity contribution in [2.24, 2.45) is 0 Å². The fourth-order valence-corrected chi connectivity index (χ4v) is 0.745. The molecule has 0 saturated carbocycles. The molecule has 0 radical (unpaired) electrons. The van der Waals surface area contributed by atoms with E-state index in [2.05, 4.69) is 39.1 Å². The lowest BCUT2D eigenvalue weighted by Crippen LogP contribution is -2.21. The highest BCUT2D eigenvalue weighted by Crippen LogP contribution is 1.86. The summed E-state index contributed by atoms with van der Waals surface area (Å²) >= 11 is 0. The van der Waals surface area contributed by atoms with E-state index in [0.29, 0.717) is 6.10 Å². The fraction of sp³-hybridized carbons (Fsp3) is 0.800. The predicted molar refractivity (Wildman–Crippen MR) is 53.4 cm³/mol. The van der Waals surface area contributed by atoms with Gasteiger partial charge in [-0.05, 0) is 27.7 Å². The Hall–Kier alpha value is -0.340. The lowest BCUT2D eigenvalue weighted by Gasteiger charge is -2.07. The summed E-state index contributed by atoms with van der Waals surface area (Å²) < 4.78 is 5.37. The van der Waals surface area contributed by atoms with E-state index >= 15 is 0 Å². The first-order chi connectivity index (χ1) is 5.63. The summed E-state index contributed by atoms with van der Waals surface area (Å²) in [6.45, 7) is 11.0. The molecule has 0 aromatic carbocycles. The van der Waals surface area contributed by atoms with Gasteiger partial charge in [0.15, 0.2) is 0 Å². The quantitative estimate of drug-likeness (QED) is 0.487. The third kappa shape index (κ3) is 9.66. The second kappa shape index (κ2) is 7.32. The van der Waals surface area contributed by atoms with E-state index in [1.165, 1.54) is 5.57 Å². The molecule has 2 nitrogen and oxygen atoms in total. The van der Waals surface area contributed by atoms with Gasteiger partial charge in [0.2, 0.25) is 0 Å². The molecular weight excluding hydrogens is 150 g/mol. The van der Waals surface area contributed by atoms with E-state index in [9.17, 15) is 0 Å². The Bertz CT molecular complexity index is 126. The molecule has 0 bridgehead atoms. The average molecular weight is 171 g/mol. The molecule has 72 valence electrons. The molecule has 0 aliphatic rings. The molecular formula is C10H21NO. The second-order valence-corrected chi connectivity index (χ2v) is 3.41. The van der Waals surface area contributed by atoms with Gasteiger partial charge in [-0.3, -0.25) is 0 Å². The van der Waals surface area contributed by atoms with Gasteiger partial charge in [-0.25, -0.2) is 0 Å². The number of ether oxygens (including phenoxy) is 1. The van der Waals surface area contributed by atoms with Crippen molar-refractivity contribution in [1.29, 1.82) is 0 Å². The van der Waals surface area contributed by atoms with E-state index in [1.807, 2.05) is 0 Å². The normalized spacial score (nSPS) is 10.4. The molecule has 0 aliphatic heterocycles. The van der Waals surface area contributed by atoms with E-state index in [0.717, 1.165) is 19.7 Å². The first-order valence-corrected chi connectivity index (χ1v) is 4.58. The van der Waals surface area contributed by atoms with E-state index in [-0.39, 0.29) is 0 Å². The van der Waals surface area contributed by atoms with Crippen molar-refractivity contribution in [1.82, 2.24) is 5.32 Å². The Balaban J connectivity index is 3.06. The fourth-order valence-electron chi connectivity index (χ4n) is 0.745. The van der Waals surface area contributed by atoms with Gasteiger partial charge in [0.1, 0.15) is 0 Å². The van der Waals surface area contributed by atoms with Crippen molar-refractivity contribution in [3.8, 4) is 0 Å². The molecule has 0 amide bonds. The molecule has 12 heavy (non-hydrogen) atoms. The number of allylic oxidation sites excluding steroid dienone is 1. The maximum atomic E-state index is 5.37. The van der Waals surface area contributed by atoms with Crippen LogP contribution in [0.5, 0.6) is 0 Å². The van der Waals surface area contributed by atoms with E-state index in [1.54, 1.807) is 0 Å². The molecule has 0 atom stereocenters. The molecule has 0 heterocycles. The molecule has 0 aromatic heterocycles. The SMILES string of the molecule is CC(C)=CCNCCOC(C)C. The molecule has 0 saturated heterocycles. The summed E-state index contributed by atoms with van der Waals surface area (Å²) in [5, 5.41) is 3.27. The summed E-state index contributed by atoms with van der Waals surface area (Å²) in [6.07, 6.45) is 2.52. The van der Waals surface area contributed by atoms with Gasteiger partial charge in [0.25, 0.3) is 0 Å². The Morgan fingerprint density at radius 2 is 2.08 bits per heavy atom. The van der Waals surface area contributed by atoms with Crippen LogP contribution in [-0.2, 0) is 4.74 Å². The minimum Gasteiger partial charge on any atom is -0.377 e. The average Bonchev–Trinajstić information content (AvgIpc) is 1.95. The lowest BCUT2D eigenvalue weighted by molar-refractivity contribution is 0.0813. The maximum Gasteiger partial charge on any atom is 0.0594 e. The summed E-state index contributed by atoms with van der Waals surface area (Å²) in [5.41, 5.74) is 1.35. The van der Waals surface area contributed by atoms with Crippen LogP contribution in [0.2, 0.25) is 0 Å². The third-order valence-corrected chi connectivity index (χ3v) is 1.38. The summed E-state index contributed by atoms with van der Waals surface area (Å²) in [4.78, 5) is 0. The van der Waals surface area contributed by atoms with Gasteiger partial charge in [-0.2, -0.15) is 0 Å². The number of nitrogens with one attached hydrogen (secondary N) is 1. The van der Waals surface area contributed by atoms with E-state index in [4.69, 9.17) is 4.74 Å². The van der Waals surface area contributed by atoms with E-state index < -0.39 is 0 Å². The lowest BCUT2D eigenvalue weighted by atomic mass is 10.3. The molecule has 0 unspecified atom stereocenters. The largest absolute Gasteiger partial charge is 0.377 e. The number of hydrogen-bond donors (Lipinski definition) is 1. The maximum absolute atomic E-state index is 5.37. The Labute approximate surface area is 76.0 Å². The Morgan fingerprint density at radius 1 is 1.42 bits per heavy atom. The second-order valence-electron chi connectivity index (χ2n) is 3.41. The van der Waals surface area contributed by atoms with Gasteiger partial charge in [0, 0.05) is 13.1 Å². The van der Waals surface area contributed by atoms with Gasteiger partial charge < -0.3 is 10.1 Å². The van der Waals surface area contributed by atoms with Crippen molar-refractivity contribution in [3.05, 3.63) is 11.6 Å². The van der Waals surface area contributed by atoms with Crippen molar-refractivity contribution in [2.75, 3.05) is 19.7 Å². The number of rotatable bonds is 6. The Morgan fingerprint density at radius 3 is 2.58 bits per heavy atom. The summed E-state index contributed by atoms with van der Waals surface area (Å²) in [5.74, 6) is 0. The van der Waals surface area contributed by atoms with Crippen LogP contribution in [0.15, 0.2) is 11.6 Å². The molecule has 0 aromatic rings. The van der Waals surface area contributed by atoms with Crippen LogP contribution in [0.4, 0.5) is 0 Å². The smallest absolute Gasteiger partial charge is 0.0594 e. The zero-order valence-electron chi connectivity index (χ0n) is 8.68. The molecule has 0 rings (SSSR count). The van der Waals surface area contributed by atoms with Crippen LogP contribution in [-0.4, -0.2) is 25.8 Å². The highest BCUT2D eigenvalue weighted by Gasteiger charge is 1.90. The molecule has 0 fully saturated rings. The molecule has 0 spiro atoms.